The van der Waals surface area contributed by atoms with Gasteiger partial charge in [0.25, 0.3) is 0 Å². The molecule has 0 rings (SSSR count). The Hall–Kier alpha value is -0.0800. The Labute approximate surface area is 70.5 Å². The predicted molar refractivity (Wildman–Crippen MR) is 48.9 cm³/mol. The van der Waals surface area contributed by atoms with Gasteiger partial charge in [0.1, 0.15) is 0 Å². The first kappa shape index (κ1) is 10.9. The van der Waals surface area contributed by atoms with Gasteiger partial charge in [-0.25, -0.2) is 0 Å². The third-order valence-electron chi connectivity index (χ3n) is 1.93. The molecule has 1 atom stereocenters. The number of ether oxygens (including phenoxy) is 1. The molecule has 0 N–H and O–H groups in total. The molecule has 68 valence electrons. The van der Waals surface area contributed by atoms with E-state index in [9.17, 15) is 0 Å². The number of hydrogen-bond donors (Lipinski definition) is 0. The molecule has 0 aromatic carbocycles. The second-order valence-electron chi connectivity index (χ2n) is 3.14. The van der Waals surface area contributed by atoms with Gasteiger partial charge in [-0.15, -0.1) is 0 Å². The van der Waals surface area contributed by atoms with Crippen LogP contribution in [0.15, 0.2) is 0 Å². The van der Waals surface area contributed by atoms with E-state index in [4.69, 9.17) is 4.74 Å². The van der Waals surface area contributed by atoms with Gasteiger partial charge < -0.3 is 9.64 Å². The molecule has 0 bridgehead atoms. The van der Waals surface area contributed by atoms with Crippen molar-refractivity contribution in [3.63, 3.8) is 0 Å². The van der Waals surface area contributed by atoms with Crippen LogP contribution in [-0.2, 0) is 4.74 Å². The largest absolute Gasteiger partial charge is 0.382 e. The second kappa shape index (κ2) is 6.62. The lowest BCUT2D eigenvalue weighted by molar-refractivity contribution is 0.101. The Morgan fingerprint density at radius 3 is 2.45 bits per heavy atom. The standard InChI is InChI=1S/C9H21NO/c1-5-7-10(3)8-6-9(2)11-4/h9H,5-8H2,1-4H3. The molecule has 0 spiro atoms. The quantitative estimate of drug-likeness (QED) is 0.585. The molecule has 2 nitrogen and oxygen atoms in total. The molecule has 0 saturated carbocycles. The van der Waals surface area contributed by atoms with E-state index >= 15 is 0 Å². The summed E-state index contributed by atoms with van der Waals surface area (Å²) in [6.45, 7) is 6.65. The zero-order valence-corrected chi connectivity index (χ0v) is 8.26. The lowest BCUT2D eigenvalue weighted by atomic mass is 10.2. The van der Waals surface area contributed by atoms with Crippen LogP contribution in [0, 0.1) is 0 Å². The zero-order chi connectivity index (χ0) is 8.69. The summed E-state index contributed by atoms with van der Waals surface area (Å²) in [5.74, 6) is 0. The fraction of sp³-hybridized carbons (Fsp3) is 1.00. The van der Waals surface area contributed by atoms with Crippen LogP contribution >= 0.6 is 0 Å². The lowest BCUT2D eigenvalue weighted by Gasteiger charge is -2.17. The van der Waals surface area contributed by atoms with E-state index in [0.29, 0.717) is 6.10 Å². The summed E-state index contributed by atoms with van der Waals surface area (Å²) in [4.78, 5) is 2.34. The van der Waals surface area contributed by atoms with E-state index in [1.54, 1.807) is 7.11 Å². The Balaban J connectivity index is 3.22. The Morgan fingerprint density at radius 1 is 1.36 bits per heavy atom. The molecule has 2 heteroatoms. The minimum absolute atomic E-state index is 0.398. The Kier molecular flexibility index (Phi) is 6.57. The fourth-order valence-corrected chi connectivity index (χ4v) is 1.01. The van der Waals surface area contributed by atoms with Crippen molar-refractivity contribution < 1.29 is 4.74 Å². The molecule has 0 heterocycles. The average molecular weight is 159 g/mol. The predicted octanol–water partition coefficient (Wildman–Crippen LogP) is 1.75. The van der Waals surface area contributed by atoms with Crippen molar-refractivity contribution in [2.45, 2.75) is 32.8 Å². The molecular formula is C9H21NO. The van der Waals surface area contributed by atoms with Crippen LogP contribution in [0.4, 0.5) is 0 Å². The highest BCUT2D eigenvalue weighted by Crippen LogP contribution is 1.97. The van der Waals surface area contributed by atoms with E-state index in [-0.39, 0.29) is 0 Å². The van der Waals surface area contributed by atoms with Gasteiger partial charge in [0.05, 0.1) is 6.10 Å². The van der Waals surface area contributed by atoms with Crippen molar-refractivity contribution in [1.82, 2.24) is 4.90 Å². The third-order valence-corrected chi connectivity index (χ3v) is 1.93. The van der Waals surface area contributed by atoms with Gasteiger partial charge in [0.2, 0.25) is 0 Å². The minimum atomic E-state index is 0.398. The molecule has 0 fully saturated rings. The van der Waals surface area contributed by atoms with Crippen LogP contribution in [0.5, 0.6) is 0 Å². The van der Waals surface area contributed by atoms with Gasteiger partial charge in [-0.1, -0.05) is 6.92 Å². The number of methoxy groups -OCH3 is 1. The summed E-state index contributed by atoms with van der Waals surface area (Å²) in [6, 6.07) is 0. The number of nitrogens with zero attached hydrogens (tertiary/aromatic N) is 1. The van der Waals surface area contributed by atoms with E-state index in [2.05, 4.69) is 25.8 Å². The van der Waals surface area contributed by atoms with Crippen molar-refractivity contribution >= 4 is 0 Å². The summed E-state index contributed by atoms with van der Waals surface area (Å²) in [6.07, 6.45) is 2.76. The summed E-state index contributed by atoms with van der Waals surface area (Å²) >= 11 is 0. The van der Waals surface area contributed by atoms with E-state index in [0.717, 1.165) is 13.0 Å². The number of hydrogen-bond acceptors (Lipinski definition) is 2. The molecule has 0 aromatic rings. The van der Waals surface area contributed by atoms with E-state index < -0.39 is 0 Å². The molecule has 0 aliphatic heterocycles. The summed E-state index contributed by atoms with van der Waals surface area (Å²) in [5, 5.41) is 0. The maximum absolute atomic E-state index is 5.15. The first-order valence-electron chi connectivity index (χ1n) is 4.42. The maximum Gasteiger partial charge on any atom is 0.0555 e. The highest BCUT2D eigenvalue weighted by Gasteiger charge is 2.01. The molecule has 0 aliphatic carbocycles. The molecule has 0 saturated heterocycles. The lowest BCUT2D eigenvalue weighted by Crippen LogP contribution is -2.23. The van der Waals surface area contributed by atoms with Crippen LogP contribution in [0.3, 0.4) is 0 Å². The molecule has 0 amide bonds. The maximum atomic E-state index is 5.15. The molecular weight excluding hydrogens is 138 g/mol. The van der Waals surface area contributed by atoms with Crippen LogP contribution < -0.4 is 0 Å². The molecule has 0 aromatic heterocycles. The highest BCUT2D eigenvalue weighted by molar-refractivity contribution is 4.54. The van der Waals surface area contributed by atoms with Crippen LogP contribution in [0.1, 0.15) is 26.7 Å². The normalized spacial score (nSPS) is 13.9. The van der Waals surface area contributed by atoms with Gasteiger partial charge in [0.15, 0.2) is 0 Å². The van der Waals surface area contributed by atoms with Gasteiger partial charge in [-0.2, -0.15) is 0 Å². The van der Waals surface area contributed by atoms with E-state index in [1.807, 2.05) is 0 Å². The Morgan fingerprint density at radius 2 is 2.00 bits per heavy atom. The summed E-state index contributed by atoms with van der Waals surface area (Å²) in [5.41, 5.74) is 0. The monoisotopic (exact) mass is 159 g/mol. The second-order valence-corrected chi connectivity index (χ2v) is 3.14. The molecule has 1 unspecified atom stereocenters. The first-order chi connectivity index (χ1) is 5.20. The summed E-state index contributed by atoms with van der Waals surface area (Å²) in [7, 11) is 3.93. The van der Waals surface area contributed by atoms with E-state index in [1.165, 1.54) is 13.0 Å². The Bertz CT molecular complexity index is 85.6. The van der Waals surface area contributed by atoms with Crippen molar-refractivity contribution in [3.8, 4) is 0 Å². The highest BCUT2D eigenvalue weighted by atomic mass is 16.5. The van der Waals surface area contributed by atoms with Crippen molar-refractivity contribution in [2.75, 3.05) is 27.2 Å². The van der Waals surface area contributed by atoms with Crippen LogP contribution in [-0.4, -0.2) is 38.3 Å². The molecule has 0 aliphatic rings. The van der Waals surface area contributed by atoms with Crippen molar-refractivity contribution in [2.24, 2.45) is 0 Å². The molecule has 11 heavy (non-hydrogen) atoms. The minimum Gasteiger partial charge on any atom is -0.382 e. The fourth-order valence-electron chi connectivity index (χ4n) is 1.01. The molecule has 0 radical (unpaired) electrons. The van der Waals surface area contributed by atoms with Crippen LogP contribution in [0.2, 0.25) is 0 Å². The van der Waals surface area contributed by atoms with Gasteiger partial charge in [0, 0.05) is 13.7 Å². The van der Waals surface area contributed by atoms with Gasteiger partial charge >= 0.3 is 0 Å². The topological polar surface area (TPSA) is 12.5 Å². The van der Waals surface area contributed by atoms with Crippen LogP contribution in [0.25, 0.3) is 0 Å². The first-order valence-corrected chi connectivity index (χ1v) is 4.42. The third kappa shape index (κ3) is 6.32. The summed E-state index contributed by atoms with van der Waals surface area (Å²) < 4.78 is 5.15. The number of rotatable bonds is 6. The van der Waals surface area contributed by atoms with Gasteiger partial charge in [-0.05, 0) is 33.4 Å². The SMILES string of the molecule is CCCN(C)CCC(C)OC. The smallest absolute Gasteiger partial charge is 0.0555 e. The van der Waals surface area contributed by atoms with Crippen molar-refractivity contribution in [1.29, 1.82) is 0 Å². The zero-order valence-electron chi connectivity index (χ0n) is 8.26. The van der Waals surface area contributed by atoms with Crippen molar-refractivity contribution in [3.05, 3.63) is 0 Å². The average Bonchev–Trinajstić information content (AvgIpc) is 2.01. The van der Waals surface area contributed by atoms with Gasteiger partial charge in [-0.3, -0.25) is 0 Å².